The van der Waals surface area contributed by atoms with Gasteiger partial charge < -0.3 is 15.2 Å². The van der Waals surface area contributed by atoms with Crippen LogP contribution in [0.25, 0.3) is 0 Å². The van der Waals surface area contributed by atoms with Gasteiger partial charge in [-0.3, -0.25) is 9.59 Å². The van der Waals surface area contributed by atoms with E-state index in [1.54, 1.807) is 25.1 Å². The molecule has 0 aliphatic rings. The van der Waals surface area contributed by atoms with Crippen LogP contribution in [0.3, 0.4) is 0 Å². The van der Waals surface area contributed by atoms with Crippen molar-refractivity contribution in [3.63, 3.8) is 0 Å². The molecular formula is C22H20F3N5O2S. The van der Waals surface area contributed by atoms with Gasteiger partial charge in [-0.05, 0) is 43.3 Å². The number of hydrogen-bond acceptors (Lipinski definition) is 5. The van der Waals surface area contributed by atoms with E-state index in [1.165, 1.54) is 36.0 Å². The zero-order valence-corrected chi connectivity index (χ0v) is 18.3. The summed E-state index contributed by atoms with van der Waals surface area (Å²) >= 11 is 1.21. The Morgan fingerprint density at radius 1 is 1.09 bits per heavy atom. The number of thioether (sulfide) groups is 1. The molecule has 0 saturated carbocycles. The number of carbonyl (C=O) groups is 2. The van der Waals surface area contributed by atoms with Gasteiger partial charge >= 0.3 is 6.18 Å². The van der Waals surface area contributed by atoms with Crippen LogP contribution in [0, 0.1) is 6.92 Å². The van der Waals surface area contributed by atoms with E-state index in [1.807, 2.05) is 4.57 Å². The molecule has 1 aromatic heterocycles. The maximum absolute atomic E-state index is 12.9. The molecule has 0 spiro atoms. The molecular weight excluding hydrogens is 455 g/mol. The molecule has 0 radical (unpaired) electrons. The summed E-state index contributed by atoms with van der Waals surface area (Å²) in [5.41, 5.74) is -0.294. The van der Waals surface area contributed by atoms with Crippen LogP contribution in [0.1, 0.15) is 21.7 Å². The molecule has 3 rings (SSSR count). The minimum atomic E-state index is -4.51. The average Bonchev–Trinajstić information content (AvgIpc) is 3.12. The lowest BCUT2D eigenvalue weighted by Gasteiger charge is -2.11. The van der Waals surface area contributed by atoms with Crippen LogP contribution < -0.4 is 10.6 Å². The molecule has 33 heavy (non-hydrogen) atoms. The fourth-order valence-corrected chi connectivity index (χ4v) is 3.64. The largest absolute Gasteiger partial charge is 0.416 e. The van der Waals surface area contributed by atoms with Crippen molar-refractivity contribution in [1.29, 1.82) is 0 Å². The molecule has 0 aliphatic carbocycles. The fraction of sp³-hybridized carbons (Fsp3) is 0.182. The Balaban J connectivity index is 1.62. The molecule has 0 unspecified atom stereocenters. The number of alkyl halides is 3. The van der Waals surface area contributed by atoms with Crippen LogP contribution >= 0.6 is 11.8 Å². The molecule has 0 fully saturated rings. The standard InChI is InChI=1S/C22H20F3N5O2S/c1-3-10-30-14(2)28-29-21(30)33-13-19(31)26-17-8-4-6-15(11-17)20(32)27-18-9-5-7-16(12-18)22(23,24)25/h3-9,11-12H,1,10,13H2,2H3,(H,26,31)(H,27,32). The predicted molar refractivity (Wildman–Crippen MR) is 120 cm³/mol. The molecule has 2 aromatic carbocycles. The second-order valence-corrected chi connectivity index (χ2v) is 7.82. The van der Waals surface area contributed by atoms with Gasteiger partial charge in [0.25, 0.3) is 5.91 Å². The van der Waals surface area contributed by atoms with Crippen LogP contribution in [-0.4, -0.2) is 32.3 Å². The lowest BCUT2D eigenvalue weighted by Crippen LogP contribution is -2.16. The summed E-state index contributed by atoms with van der Waals surface area (Å²) < 4.78 is 40.4. The summed E-state index contributed by atoms with van der Waals surface area (Å²) in [7, 11) is 0. The van der Waals surface area contributed by atoms with Crippen molar-refractivity contribution in [2.75, 3.05) is 16.4 Å². The molecule has 7 nitrogen and oxygen atoms in total. The van der Waals surface area contributed by atoms with Gasteiger partial charge in [-0.15, -0.1) is 16.8 Å². The van der Waals surface area contributed by atoms with Crippen molar-refractivity contribution < 1.29 is 22.8 Å². The van der Waals surface area contributed by atoms with E-state index in [0.717, 1.165) is 12.1 Å². The Morgan fingerprint density at radius 3 is 2.48 bits per heavy atom. The predicted octanol–water partition coefficient (Wildman–Crippen LogP) is 4.77. The summed E-state index contributed by atoms with van der Waals surface area (Å²) in [6.45, 7) is 6.01. The molecule has 3 aromatic rings. The van der Waals surface area contributed by atoms with E-state index in [9.17, 15) is 22.8 Å². The Bertz CT molecular complexity index is 1180. The Hall–Kier alpha value is -3.60. The van der Waals surface area contributed by atoms with E-state index in [2.05, 4.69) is 27.4 Å². The summed E-state index contributed by atoms with van der Waals surface area (Å²) in [5.74, 6) is -0.151. The van der Waals surface area contributed by atoms with Gasteiger partial charge in [0.05, 0.1) is 11.3 Å². The maximum atomic E-state index is 12.9. The second kappa shape index (κ2) is 10.3. The first kappa shape index (κ1) is 24.1. The monoisotopic (exact) mass is 475 g/mol. The number of amides is 2. The van der Waals surface area contributed by atoms with Crippen molar-refractivity contribution in [2.45, 2.75) is 24.8 Å². The molecule has 2 amide bonds. The Kier molecular flexibility index (Phi) is 7.54. The van der Waals surface area contributed by atoms with Crippen LogP contribution in [0.4, 0.5) is 24.5 Å². The zero-order chi connectivity index (χ0) is 24.0. The Labute approximate surface area is 192 Å². The van der Waals surface area contributed by atoms with Gasteiger partial charge in [0.1, 0.15) is 5.82 Å². The van der Waals surface area contributed by atoms with Gasteiger partial charge in [0.2, 0.25) is 5.91 Å². The number of halogens is 3. The van der Waals surface area contributed by atoms with Crippen molar-refractivity contribution in [3.8, 4) is 0 Å². The smallest absolute Gasteiger partial charge is 0.325 e. The van der Waals surface area contributed by atoms with Crippen molar-refractivity contribution in [3.05, 3.63) is 78.1 Å². The van der Waals surface area contributed by atoms with E-state index in [0.29, 0.717) is 23.2 Å². The average molecular weight is 475 g/mol. The van der Waals surface area contributed by atoms with Crippen LogP contribution in [0.15, 0.2) is 66.3 Å². The van der Waals surface area contributed by atoms with Crippen molar-refractivity contribution in [2.24, 2.45) is 0 Å². The minimum absolute atomic E-state index is 0.0135. The highest BCUT2D eigenvalue weighted by molar-refractivity contribution is 7.99. The van der Waals surface area contributed by atoms with Gasteiger partial charge in [-0.2, -0.15) is 13.2 Å². The number of nitrogens with zero attached hydrogens (tertiary/aromatic N) is 3. The highest BCUT2D eigenvalue weighted by Gasteiger charge is 2.30. The van der Waals surface area contributed by atoms with Crippen LogP contribution in [0.5, 0.6) is 0 Å². The number of aromatic nitrogens is 3. The van der Waals surface area contributed by atoms with E-state index in [-0.39, 0.29) is 22.9 Å². The molecule has 11 heteroatoms. The van der Waals surface area contributed by atoms with Gasteiger partial charge in [-0.1, -0.05) is 30.0 Å². The molecule has 2 N–H and O–H groups in total. The second-order valence-electron chi connectivity index (χ2n) is 6.88. The van der Waals surface area contributed by atoms with Crippen molar-refractivity contribution in [1.82, 2.24) is 14.8 Å². The third-order valence-electron chi connectivity index (χ3n) is 4.40. The Morgan fingerprint density at radius 2 is 1.79 bits per heavy atom. The number of hydrogen-bond donors (Lipinski definition) is 2. The molecule has 0 saturated heterocycles. The van der Waals surface area contributed by atoms with E-state index >= 15 is 0 Å². The zero-order valence-electron chi connectivity index (χ0n) is 17.5. The molecule has 172 valence electrons. The number of benzene rings is 2. The number of anilines is 2. The summed E-state index contributed by atoms with van der Waals surface area (Å²) in [4.78, 5) is 24.8. The first-order valence-electron chi connectivity index (χ1n) is 9.69. The fourth-order valence-electron chi connectivity index (χ4n) is 2.85. The highest BCUT2D eigenvalue weighted by atomic mass is 32.2. The van der Waals surface area contributed by atoms with Gasteiger partial charge in [-0.25, -0.2) is 0 Å². The highest BCUT2D eigenvalue weighted by Crippen LogP contribution is 2.30. The minimum Gasteiger partial charge on any atom is -0.325 e. The van der Waals surface area contributed by atoms with Crippen LogP contribution in [-0.2, 0) is 17.5 Å². The number of allylic oxidation sites excluding steroid dienone is 1. The summed E-state index contributed by atoms with van der Waals surface area (Å²) in [6.07, 6.45) is -2.81. The first-order valence-corrected chi connectivity index (χ1v) is 10.7. The third-order valence-corrected chi connectivity index (χ3v) is 5.37. The van der Waals surface area contributed by atoms with Gasteiger partial charge in [0.15, 0.2) is 5.16 Å². The lowest BCUT2D eigenvalue weighted by molar-refractivity contribution is -0.137. The number of aryl methyl sites for hydroxylation is 1. The summed E-state index contributed by atoms with van der Waals surface area (Å²) in [6, 6.07) is 10.5. The van der Waals surface area contributed by atoms with E-state index in [4.69, 9.17) is 0 Å². The first-order chi connectivity index (χ1) is 15.7. The van der Waals surface area contributed by atoms with Crippen molar-refractivity contribution >= 4 is 35.0 Å². The van der Waals surface area contributed by atoms with Gasteiger partial charge in [0, 0.05) is 23.5 Å². The normalized spacial score (nSPS) is 11.2. The van der Waals surface area contributed by atoms with Crippen LogP contribution in [0.2, 0.25) is 0 Å². The molecule has 0 aliphatic heterocycles. The number of carbonyl (C=O) groups excluding carboxylic acids is 2. The lowest BCUT2D eigenvalue weighted by atomic mass is 10.1. The summed E-state index contributed by atoms with van der Waals surface area (Å²) in [5, 5.41) is 13.7. The topological polar surface area (TPSA) is 88.9 Å². The number of nitrogens with one attached hydrogen (secondary N) is 2. The maximum Gasteiger partial charge on any atom is 0.416 e. The third kappa shape index (κ3) is 6.45. The molecule has 1 heterocycles. The SMILES string of the molecule is C=CCn1c(C)nnc1SCC(=O)Nc1cccc(C(=O)Nc2cccc(C(F)(F)F)c2)c1. The van der Waals surface area contributed by atoms with E-state index < -0.39 is 17.6 Å². The number of rotatable bonds is 8. The quantitative estimate of drug-likeness (QED) is 0.362. The molecule has 0 atom stereocenters. The molecule has 0 bridgehead atoms.